The van der Waals surface area contributed by atoms with E-state index in [1.165, 1.54) is 12.8 Å². The Hall–Kier alpha value is -2.24. The van der Waals surface area contributed by atoms with Crippen LogP contribution in [0.4, 0.5) is 0 Å². The van der Waals surface area contributed by atoms with Crippen molar-refractivity contribution in [2.24, 2.45) is 5.92 Å². The van der Waals surface area contributed by atoms with Crippen LogP contribution in [0.3, 0.4) is 0 Å². The van der Waals surface area contributed by atoms with E-state index in [-0.39, 0.29) is 17.7 Å². The number of likely N-dealkylation sites (tertiary alicyclic amines) is 1. The highest BCUT2D eigenvalue weighted by Crippen LogP contribution is 2.28. The van der Waals surface area contributed by atoms with Gasteiger partial charge in [0, 0.05) is 25.0 Å². The van der Waals surface area contributed by atoms with Gasteiger partial charge in [-0.15, -0.1) is 0 Å². The maximum Gasteiger partial charge on any atom is 0.226 e. The molecule has 3 rings (SSSR count). The summed E-state index contributed by atoms with van der Waals surface area (Å²) in [5.41, 5.74) is 0.902. The number of amides is 2. The Morgan fingerprint density at radius 3 is 2.33 bits per heavy atom. The number of ether oxygens (including phenoxy) is 2. The Bertz CT molecular complexity index is 662. The maximum absolute atomic E-state index is 12.6. The Labute approximate surface area is 161 Å². The van der Waals surface area contributed by atoms with E-state index in [4.69, 9.17) is 9.47 Å². The molecule has 0 bridgehead atoms. The molecule has 1 aromatic carbocycles. The van der Waals surface area contributed by atoms with E-state index < -0.39 is 0 Å². The van der Waals surface area contributed by atoms with Crippen LogP contribution in [-0.4, -0.2) is 50.1 Å². The van der Waals surface area contributed by atoms with E-state index in [1.807, 2.05) is 23.1 Å². The molecule has 1 aliphatic heterocycles. The maximum atomic E-state index is 12.6. The molecule has 2 aliphatic rings. The molecule has 1 aliphatic carbocycles. The van der Waals surface area contributed by atoms with Crippen LogP contribution in [0.25, 0.3) is 0 Å². The number of carbonyl (C=O) groups excluding carboxylic acids is 2. The minimum absolute atomic E-state index is 0.0377. The van der Waals surface area contributed by atoms with Gasteiger partial charge >= 0.3 is 0 Å². The van der Waals surface area contributed by atoms with Gasteiger partial charge in [0.15, 0.2) is 11.5 Å². The minimum atomic E-state index is 0.0377. The minimum Gasteiger partial charge on any atom is -0.493 e. The number of hydrogen-bond donors (Lipinski definition) is 1. The van der Waals surface area contributed by atoms with Gasteiger partial charge in [-0.05, 0) is 43.4 Å². The van der Waals surface area contributed by atoms with Crippen molar-refractivity contribution in [1.82, 2.24) is 10.2 Å². The molecule has 6 heteroatoms. The number of carbonyl (C=O) groups is 2. The fraction of sp³-hybridized carbons (Fsp3) is 0.619. The molecule has 2 amide bonds. The van der Waals surface area contributed by atoms with Crippen LogP contribution in [0.15, 0.2) is 18.2 Å². The van der Waals surface area contributed by atoms with Gasteiger partial charge in [0.2, 0.25) is 11.8 Å². The third-order valence-electron chi connectivity index (χ3n) is 5.72. The van der Waals surface area contributed by atoms with E-state index in [9.17, 15) is 9.59 Å². The molecule has 1 heterocycles. The number of piperidine rings is 1. The largest absolute Gasteiger partial charge is 0.493 e. The average molecular weight is 374 g/mol. The van der Waals surface area contributed by atoms with Crippen molar-refractivity contribution >= 4 is 11.8 Å². The van der Waals surface area contributed by atoms with Gasteiger partial charge in [0.05, 0.1) is 20.6 Å². The van der Waals surface area contributed by atoms with E-state index >= 15 is 0 Å². The second-order valence-corrected chi connectivity index (χ2v) is 7.51. The second kappa shape index (κ2) is 9.11. The molecule has 0 radical (unpaired) electrons. The molecule has 1 saturated heterocycles. The third-order valence-corrected chi connectivity index (χ3v) is 5.72. The van der Waals surface area contributed by atoms with Crippen molar-refractivity contribution < 1.29 is 19.1 Å². The van der Waals surface area contributed by atoms with Gasteiger partial charge in [-0.2, -0.15) is 0 Å². The first-order valence-corrected chi connectivity index (χ1v) is 9.89. The topological polar surface area (TPSA) is 67.9 Å². The van der Waals surface area contributed by atoms with Crippen molar-refractivity contribution in [2.45, 2.75) is 51.0 Å². The SMILES string of the molecule is COc1ccc(CC(=O)N2CCC(C(=O)NC3CCCC3)CC2)cc1OC. The monoisotopic (exact) mass is 374 g/mol. The van der Waals surface area contributed by atoms with Gasteiger partial charge in [-0.1, -0.05) is 18.9 Å². The molecule has 148 valence electrons. The average Bonchev–Trinajstić information content (AvgIpc) is 3.21. The zero-order valence-corrected chi connectivity index (χ0v) is 16.3. The van der Waals surface area contributed by atoms with Gasteiger partial charge in [0.25, 0.3) is 0 Å². The predicted molar refractivity (Wildman–Crippen MR) is 103 cm³/mol. The predicted octanol–water partition coefficient (Wildman–Crippen LogP) is 2.54. The summed E-state index contributed by atoms with van der Waals surface area (Å²) >= 11 is 0. The summed E-state index contributed by atoms with van der Waals surface area (Å²) in [4.78, 5) is 26.9. The van der Waals surface area contributed by atoms with Crippen LogP contribution in [0.1, 0.15) is 44.1 Å². The molecule has 0 spiro atoms. The molecule has 0 atom stereocenters. The summed E-state index contributed by atoms with van der Waals surface area (Å²) in [6.07, 6.45) is 6.47. The Balaban J connectivity index is 1.49. The summed E-state index contributed by atoms with van der Waals surface area (Å²) in [7, 11) is 3.18. The number of methoxy groups -OCH3 is 2. The molecule has 27 heavy (non-hydrogen) atoms. The highest BCUT2D eigenvalue weighted by molar-refractivity contribution is 5.81. The van der Waals surface area contributed by atoms with E-state index in [0.29, 0.717) is 37.1 Å². The van der Waals surface area contributed by atoms with Crippen molar-refractivity contribution in [3.63, 3.8) is 0 Å². The molecule has 0 aromatic heterocycles. The summed E-state index contributed by atoms with van der Waals surface area (Å²) in [6.45, 7) is 1.30. The number of rotatable bonds is 6. The molecule has 0 unspecified atom stereocenters. The Kier molecular flexibility index (Phi) is 6.58. The smallest absolute Gasteiger partial charge is 0.226 e. The Morgan fingerprint density at radius 1 is 1.04 bits per heavy atom. The zero-order valence-electron chi connectivity index (χ0n) is 16.3. The molecule has 2 fully saturated rings. The zero-order chi connectivity index (χ0) is 19.2. The third kappa shape index (κ3) is 4.93. The van der Waals surface area contributed by atoms with Crippen LogP contribution in [0, 0.1) is 5.92 Å². The van der Waals surface area contributed by atoms with E-state index in [2.05, 4.69) is 5.32 Å². The summed E-state index contributed by atoms with van der Waals surface area (Å²) in [5, 5.41) is 3.19. The van der Waals surface area contributed by atoms with Crippen molar-refractivity contribution in [1.29, 1.82) is 0 Å². The van der Waals surface area contributed by atoms with Crippen molar-refractivity contribution in [3.05, 3.63) is 23.8 Å². The lowest BCUT2D eigenvalue weighted by Crippen LogP contribution is -2.45. The highest BCUT2D eigenvalue weighted by Gasteiger charge is 2.29. The van der Waals surface area contributed by atoms with Crippen LogP contribution in [0.5, 0.6) is 11.5 Å². The first-order valence-electron chi connectivity index (χ1n) is 9.89. The highest BCUT2D eigenvalue weighted by atomic mass is 16.5. The van der Waals surface area contributed by atoms with Crippen molar-refractivity contribution in [2.75, 3.05) is 27.3 Å². The van der Waals surface area contributed by atoms with Crippen LogP contribution in [-0.2, 0) is 16.0 Å². The lowest BCUT2D eigenvalue weighted by atomic mass is 9.95. The lowest BCUT2D eigenvalue weighted by molar-refractivity contribution is -0.135. The molecule has 1 aromatic rings. The van der Waals surface area contributed by atoms with Gasteiger partial charge in [0.1, 0.15) is 0 Å². The number of benzene rings is 1. The standard InChI is InChI=1S/C21H30N2O4/c1-26-18-8-7-15(13-19(18)27-2)14-20(24)23-11-9-16(10-12-23)21(25)22-17-5-3-4-6-17/h7-8,13,16-17H,3-6,9-12,14H2,1-2H3,(H,22,25). The number of nitrogens with zero attached hydrogens (tertiary/aromatic N) is 1. The molecular weight excluding hydrogens is 344 g/mol. The molecule has 1 N–H and O–H groups in total. The summed E-state index contributed by atoms with van der Waals surface area (Å²) in [5.74, 6) is 1.59. The number of hydrogen-bond acceptors (Lipinski definition) is 4. The first kappa shape index (κ1) is 19.5. The lowest BCUT2D eigenvalue weighted by Gasteiger charge is -2.32. The number of nitrogens with one attached hydrogen (secondary N) is 1. The molecular formula is C21H30N2O4. The van der Waals surface area contributed by atoms with Crippen LogP contribution < -0.4 is 14.8 Å². The molecule has 6 nitrogen and oxygen atoms in total. The summed E-state index contributed by atoms with van der Waals surface area (Å²) < 4.78 is 10.5. The van der Waals surface area contributed by atoms with E-state index in [0.717, 1.165) is 31.2 Å². The fourth-order valence-corrected chi connectivity index (χ4v) is 4.06. The Morgan fingerprint density at radius 2 is 1.70 bits per heavy atom. The van der Waals surface area contributed by atoms with Crippen molar-refractivity contribution in [3.8, 4) is 11.5 Å². The van der Waals surface area contributed by atoms with Gasteiger partial charge < -0.3 is 19.7 Å². The normalized spacial score (nSPS) is 18.4. The second-order valence-electron chi connectivity index (χ2n) is 7.51. The first-order chi connectivity index (χ1) is 13.1. The quantitative estimate of drug-likeness (QED) is 0.831. The van der Waals surface area contributed by atoms with Crippen LogP contribution >= 0.6 is 0 Å². The van der Waals surface area contributed by atoms with Crippen LogP contribution in [0.2, 0.25) is 0 Å². The van der Waals surface area contributed by atoms with Gasteiger partial charge in [-0.3, -0.25) is 9.59 Å². The van der Waals surface area contributed by atoms with Gasteiger partial charge in [-0.25, -0.2) is 0 Å². The summed E-state index contributed by atoms with van der Waals surface area (Å²) in [6, 6.07) is 5.92. The molecule has 1 saturated carbocycles. The fourth-order valence-electron chi connectivity index (χ4n) is 4.06. The van der Waals surface area contributed by atoms with E-state index in [1.54, 1.807) is 14.2 Å².